The normalized spacial score (nSPS) is 10.0. The predicted octanol–water partition coefficient (Wildman–Crippen LogP) is 1.94. The predicted molar refractivity (Wildman–Crippen MR) is 56.0 cm³/mol. The number of hydrogen-bond acceptors (Lipinski definition) is 5. The molecule has 0 saturated heterocycles. The van der Waals surface area contributed by atoms with Crippen LogP contribution in [0.15, 0.2) is 36.0 Å². The van der Waals surface area contributed by atoms with E-state index in [0.29, 0.717) is 5.69 Å². The van der Waals surface area contributed by atoms with Gasteiger partial charge >= 0.3 is 0 Å². The Hall–Kier alpha value is -2.86. The molecule has 78 valence electrons. The molecule has 0 bridgehead atoms. The summed E-state index contributed by atoms with van der Waals surface area (Å²) in [6.45, 7) is 0. The van der Waals surface area contributed by atoms with E-state index < -0.39 is 4.92 Å². The van der Waals surface area contributed by atoms with Crippen molar-refractivity contribution in [2.24, 2.45) is 0 Å². The van der Waals surface area contributed by atoms with Crippen molar-refractivity contribution in [1.29, 1.82) is 10.5 Å². The lowest BCUT2D eigenvalue weighted by Gasteiger charge is -2.02. The van der Waals surface area contributed by atoms with Gasteiger partial charge in [0.1, 0.15) is 11.8 Å². The molecule has 0 aliphatic heterocycles. The van der Waals surface area contributed by atoms with Crippen LogP contribution >= 0.6 is 0 Å². The standard InChI is InChI=1S/C10H6N4O2/c11-6-5-9(7-12)13-8-1-3-10(4-2-8)14(15)16/h1-5,13H. The third-order valence-electron chi connectivity index (χ3n) is 1.69. The Morgan fingerprint density at radius 2 is 2.00 bits per heavy atom. The van der Waals surface area contributed by atoms with Crippen LogP contribution in [0.1, 0.15) is 0 Å². The van der Waals surface area contributed by atoms with E-state index in [1.807, 2.05) is 0 Å². The van der Waals surface area contributed by atoms with Crippen LogP contribution in [-0.2, 0) is 0 Å². The highest BCUT2D eigenvalue weighted by Crippen LogP contribution is 2.16. The lowest BCUT2D eigenvalue weighted by molar-refractivity contribution is -0.384. The van der Waals surface area contributed by atoms with E-state index in [1.165, 1.54) is 24.3 Å². The van der Waals surface area contributed by atoms with E-state index in [0.717, 1.165) is 6.08 Å². The summed E-state index contributed by atoms with van der Waals surface area (Å²) >= 11 is 0. The zero-order valence-corrected chi connectivity index (χ0v) is 8.04. The van der Waals surface area contributed by atoms with Crippen LogP contribution in [0.25, 0.3) is 0 Å². The maximum Gasteiger partial charge on any atom is 0.269 e. The van der Waals surface area contributed by atoms with Gasteiger partial charge in [0.15, 0.2) is 0 Å². The topological polar surface area (TPSA) is 103 Å². The molecule has 1 rings (SSSR count). The average Bonchev–Trinajstić information content (AvgIpc) is 2.29. The maximum atomic E-state index is 10.4. The van der Waals surface area contributed by atoms with E-state index >= 15 is 0 Å². The molecule has 6 heteroatoms. The minimum atomic E-state index is -0.514. The second-order valence-electron chi connectivity index (χ2n) is 2.73. The van der Waals surface area contributed by atoms with Gasteiger partial charge in [-0.25, -0.2) is 0 Å². The van der Waals surface area contributed by atoms with Crippen LogP contribution in [0, 0.1) is 32.8 Å². The van der Waals surface area contributed by atoms with Crippen molar-refractivity contribution in [2.45, 2.75) is 0 Å². The molecule has 0 saturated carbocycles. The van der Waals surface area contributed by atoms with Crippen molar-refractivity contribution < 1.29 is 4.92 Å². The Labute approximate surface area is 91.2 Å². The third-order valence-corrected chi connectivity index (χ3v) is 1.69. The zero-order valence-electron chi connectivity index (χ0n) is 8.04. The molecule has 0 unspecified atom stereocenters. The molecule has 0 amide bonds. The number of nitrogens with one attached hydrogen (secondary N) is 1. The molecule has 0 atom stereocenters. The van der Waals surface area contributed by atoms with Gasteiger partial charge in [-0.2, -0.15) is 10.5 Å². The summed E-state index contributed by atoms with van der Waals surface area (Å²) in [6.07, 6.45) is 1.06. The number of hydrogen-bond donors (Lipinski definition) is 1. The van der Waals surface area contributed by atoms with Gasteiger partial charge in [-0.05, 0) is 12.1 Å². The van der Waals surface area contributed by atoms with Crippen LogP contribution in [0.2, 0.25) is 0 Å². The molecular weight excluding hydrogens is 208 g/mol. The van der Waals surface area contributed by atoms with Gasteiger partial charge in [0, 0.05) is 17.8 Å². The third kappa shape index (κ3) is 2.82. The summed E-state index contributed by atoms with van der Waals surface area (Å²) in [4.78, 5) is 9.86. The smallest absolute Gasteiger partial charge is 0.269 e. The number of non-ortho nitro benzene ring substituents is 1. The molecule has 1 aromatic carbocycles. The Morgan fingerprint density at radius 3 is 2.44 bits per heavy atom. The van der Waals surface area contributed by atoms with Gasteiger partial charge in [-0.15, -0.1) is 0 Å². The minimum absolute atomic E-state index is 0.0340. The number of allylic oxidation sites excluding steroid dienone is 2. The summed E-state index contributed by atoms with van der Waals surface area (Å²) in [7, 11) is 0. The lowest BCUT2D eigenvalue weighted by Crippen LogP contribution is -1.97. The first-order chi connectivity index (χ1) is 7.67. The summed E-state index contributed by atoms with van der Waals surface area (Å²) in [5, 5.41) is 30.0. The first kappa shape index (κ1) is 11.2. The number of nitro benzene ring substituents is 1. The van der Waals surface area contributed by atoms with Gasteiger partial charge in [0.25, 0.3) is 5.69 Å². The zero-order chi connectivity index (χ0) is 12.0. The number of rotatable bonds is 3. The second-order valence-corrected chi connectivity index (χ2v) is 2.73. The van der Waals surface area contributed by atoms with Crippen LogP contribution in [-0.4, -0.2) is 4.92 Å². The van der Waals surface area contributed by atoms with Crippen molar-refractivity contribution in [1.82, 2.24) is 0 Å². The maximum absolute atomic E-state index is 10.4. The molecule has 0 fully saturated rings. The van der Waals surface area contributed by atoms with Crippen molar-refractivity contribution >= 4 is 11.4 Å². The van der Waals surface area contributed by atoms with Crippen LogP contribution in [0.4, 0.5) is 11.4 Å². The molecule has 0 aliphatic carbocycles. The van der Waals surface area contributed by atoms with Gasteiger partial charge < -0.3 is 5.32 Å². The second kappa shape index (κ2) is 5.13. The highest BCUT2D eigenvalue weighted by atomic mass is 16.6. The molecule has 0 heterocycles. The van der Waals surface area contributed by atoms with E-state index in [9.17, 15) is 10.1 Å². The van der Waals surface area contributed by atoms with Crippen molar-refractivity contribution in [2.75, 3.05) is 5.32 Å². The highest BCUT2D eigenvalue weighted by Gasteiger charge is 2.04. The van der Waals surface area contributed by atoms with Gasteiger partial charge in [0.05, 0.1) is 17.1 Å². The summed E-state index contributed by atoms with van der Waals surface area (Å²) in [5.41, 5.74) is 0.554. The fourth-order valence-corrected chi connectivity index (χ4v) is 0.983. The number of benzene rings is 1. The Bertz CT molecular complexity index is 505. The van der Waals surface area contributed by atoms with Crippen molar-refractivity contribution in [3.8, 4) is 12.1 Å². The Balaban J connectivity index is 2.85. The number of nitriles is 2. The van der Waals surface area contributed by atoms with E-state index in [-0.39, 0.29) is 11.4 Å². The van der Waals surface area contributed by atoms with Crippen molar-refractivity contribution in [3.63, 3.8) is 0 Å². The molecule has 6 nitrogen and oxygen atoms in total. The molecule has 1 N–H and O–H groups in total. The van der Waals surface area contributed by atoms with Gasteiger partial charge in [-0.3, -0.25) is 10.1 Å². The Kier molecular flexibility index (Phi) is 3.59. The number of nitrogens with zero attached hydrogens (tertiary/aromatic N) is 3. The SMILES string of the molecule is N#CC=C(C#N)Nc1ccc([N+](=O)[O-])cc1. The minimum Gasteiger partial charge on any atom is -0.346 e. The number of anilines is 1. The summed E-state index contributed by atoms with van der Waals surface area (Å²) in [5.74, 6) is 0. The largest absolute Gasteiger partial charge is 0.346 e. The molecule has 0 aromatic heterocycles. The molecule has 1 aromatic rings. The van der Waals surface area contributed by atoms with Gasteiger partial charge in [0.2, 0.25) is 0 Å². The fourth-order valence-electron chi connectivity index (χ4n) is 0.983. The summed E-state index contributed by atoms with van der Waals surface area (Å²) < 4.78 is 0. The van der Waals surface area contributed by atoms with Gasteiger partial charge in [-0.1, -0.05) is 0 Å². The Morgan fingerprint density at radius 1 is 1.38 bits per heavy atom. The molecule has 16 heavy (non-hydrogen) atoms. The highest BCUT2D eigenvalue weighted by molar-refractivity contribution is 5.55. The van der Waals surface area contributed by atoms with Crippen LogP contribution in [0.5, 0.6) is 0 Å². The molecule has 0 spiro atoms. The van der Waals surface area contributed by atoms with E-state index in [2.05, 4.69) is 5.32 Å². The van der Waals surface area contributed by atoms with E-state index in [4.69, 9.17) is 10.5 Å². The van der Waals surface area contributed by atoms with Crippen LogP contribution in [0.3, 0.4) is 0 Å². The molecule has 0 aliphatic rings. The fraction of sp³-hybridized carbons (Fsp3) is 0. The first-order valence-corrected chi connectivity index (χ1v) is 4.18. The average molecular weight is 214 g/mol. The molecule has 0 radical (unpaired) electrons. The lowest BCUT2D eigenvalue weighted by atomic mass is 10.2. The van der Waals surface area contributed by atoms with E-state index in [1.54, 1.807) is 12.1 Å². The number of nitro groups is 1. The monoisotopic (exact) mass is 214 g/mol. The quantitative estimate of drug-likeness (QED) is 0.470. The van der Waals surface area contributed by atoms with Crippen LogP contribution < -0.4 is 5.32 Å². The first-order valence-electron chi connectivity index (χ1n) is 4.18. The van der Waals surface area contributed by atoms with Crippen molar-refractivity contribution in [3.05, 3.63) is 46.2 Å². The molecular formula is C10H6N4O2. The summed E-state index contributed by atoms with van der Waals surface area (Å²) in [6, 6.07) is 9.03.